The number of rotatable bonds is 6. The predicted molar refractivity (Wildman–Crippen MR) is 111 cm³/mol. The van der Waals surface area contributed by atoms with Gasteiger partial charge in [0.1, 0.15) is 10.8 Å². The van der Waals surface area contributed by atoms with E-state index < -0.39 is 0 Å². The molecule has 4 rings (SSSR count). The van der Waals surface area contributed by atoms with Crippen LogP contribution in [0.15, 0.2) is 78.0 Å². The number of para-hydroxylation sites is 2. The Morgan fingerprint density at radius 2 is 1.86 bits per heavy atom. The summed E-state index contributed by atoms with van der Waals surface area (Å²) in [5, 5.41) is 8.16. The minimum absolute atomic E-state index is 0.119. The normalized spacial score (nSPS) is 10.8. The van der Waals surface area contributed by atoms with E-state index in [9.17, 15) is 4.79 Å². The molecule has 7 heteroatoms. The molecule has 0 spiro atoms. The molecule has 140 valence electrons. The van der Waals surface area contributed by atoms with Gasteiger partial charge in [-0.3, -0.25) is 4.79 Å². The summed E-state index contributed by atoms with van der Waals surface area (Å²) in [7, 11) is 1.58. The number of thioether (sulfide) groups is 1. The van der Waals surface area contributed by atoms with Gasteiger partial charge in [-0.05, 0) is 24.3 Å². The number of imidazole rings is 1. The number of carbonyl (C=O) groups excluding carboxylic acids is 1. The number of fused-ring (bicyclic) bond motifs is 1. The van der Waals surface area contributed by atoms with Crippen LogP contribution in [0, 0.1) is 0 Å². The van der Waals surface area contributed by atoms with Gasteiger partial charge in [-0.2, -0.15) is 5.10 Å². The minimum Gasteiger partial charge on any atom is -0.495 e. The highest BCUT2D eigenvalue weighted by Gasteiger charge is 2.10. The number of nitrogens with one attached hydrogen (secondary N) is 1. The van der Waals surface area contributed by atoms with Crippen LogP contribution in [0.4, 0.5) is 5.69 Å². The summed E-state index contributed by atoms with van der Waals surface area (Å²) < 4.78 is 6.99. The lowest BCUT2D eigenvalue weighted by atomic mass is 10.2. The van der Waals surface area contributed by atoms with Crippen LogP contribution in [0.3, 0.4) is 0 Å². The monoisotopic (exact) mass is 390 g/mol. The highest BCUT2D eigenvalue weighted by atomic mass is 32.2. The van der Waals surface area contributed by atoms with E-state index in [1.807, 2.05) is 72.9 Å². The number of methoxy groups -OCH3 is 1. The van der Waals surface area contributed by atoms with Crippen LogP contribution in [0.5, 0.6) is 5.75 Å². The third kappa shape index (κ3) is 3.99. The molecule has 0 aliphatic rings. The molecule has 0 aliphatic carbocycles. The zero-order valence-electron chi connectivity index (χ0n) is 15.2. The molecule has 0 bridgehead atoms. The molecule has 0 radical (unpaired) electrons. The summed E-state index contributed by atoms with van der Waals surface area (Å²) >= 11 is 1.37. The molecule has 28 heavy (non-hydrogen) atoms. The van der Waals surface area contributed by atoms with Gasteiger partial charge in [-0.25, -0.2) is 9.50 Å². The first-order chi connectivity index (χ1) is 13.7. The molecule has 0 atom stereocenters. The number of benzene rings is 2. The summed E-state index contributed by atoms with van der Waals surface area (Å²) in [6.45, 7) is 0. The van der Waals surface area contributed by atoms with Crippen molar-refractivity contribution in [3.63, 3.8) is 0 Å². The third-order valence-corrected chi connectivity index (χ3v) is 5.02. The fraction of sp³-hybridized carbons (Fsp3) is 0.0952. The van der Waals surface area contributed by atoms with Crippen LogP contribution in [-0.4, -0.2) is 33.4 Å². The van der Waals surface area contributed by atoms with Gasteiger partial charge in [0.15, 0.2) is 5.65 Å². The molecule has 6 nitrogen and oxygen atoms in total. The molecule has 1 N–H and O–H groups in total. The quantitative estimate of drug-likeness (QED) is 0.501. The van der Waals surface area contributed by atoms with Crippen LogP contribution in [0.2, 0.25) is 0 Å². The Labute approximate surface area is 166 Å². The number of carbonyl (C=O) groups is 1. The maximum Gasteiger partial charge on any atom is 0.234 e. The van der Waals surface area contributed by atoms with E-state index in [1.165, 1.54) is 11.8 Å². The third-order valence-electron chi connectivity index (χ3n) is 4.10. The smallest absolute Gasteiger partial charge is 0.234 e. The minimum atomic E-state index is -0.119. The Morgan fingerprint density at radius 1 is 1.07 bits per heavy atom. The van der Waals surface area contributed by atoms with Crippen molar-refractivity contribution in [2.45, 2.75) is 5.03 Å². The first-order valence-electron chi connectivity index (χ1n) is 8.70. The Kier molecular flexibility index (Phi) is 5.25. The van der Waals surface area contributed by atoms with Gasteiger partial charge in [0.2, 0.25) is 5.91 Å². The second-order valence-electron chi connectivity index (χ2n) is 6.00. The molecule has 0 unspecified atom stereocenters. The SMILES string of the molecule is COc1ccccc1NC(=O)CSc1ccc2nc(-c3ccccc3)cn2n1. The summed E-state index contributed by atoms with van der Waals surface area (Å²) in [5.41, 5.74) is 3.32. The number of hydrogen-bond acceptors (Lipinski definition) is 5. The highest BCUT2D eigenvalue weighted by Crippen LogP contribution is 2.24. The van der Waals surface area contributed by atoms with Crippen molar-refractivity contribution in [2.24, 2.45) is 0 Å². The van der Waals surface area contributed by atoms with E-state index in [0.717, 1.165) is 21.9 Å². The largest absolute Gasteiger partial charge is 0.495 e. The summed E-state index contributed by atoms with van der Waals surface area (Å²) in [6, 6.07) is 21.1. The summed E-state index contributed by atoms with van der Waals surface area (Å²) in [5.74, 6) is 0.760. The molecule has 4 aromatic rings. The van der Waals surface area contributed by atoms with Gasteiger partial charge in [0, 0.05) is 5.56 Å². The van der Waals surface area contributed by atoms with E-state index in [2.05, 4.69) is 15.4 Å². The fourth-order valence-electron chi connectivity index (χ4n) is 2.76. The maximum atomic E-state index is 12.3. The van der Waals surface area contributed by atoms with Crippen LogP contribution < -0.4 is 10.1 Å². The summed E-state index contributed by atoms with van der Waals surface area (Å²) in [4.78, 5) is 16.9. The average Bonchev–Trinajstić information content (AvgIpc) is 3.17. The Bertz CT molecular complexity index is 1110. The van der Waals surface area contributed by atoms with Crippen molar-refractivity contribution in [2.75, 3.05) is 18.2 Å². The fourth-order valence-corrected chi connectivity index (χ4v) is 3.42. The van der Waals surface area contributed by atoms with Gasteiger partial charge >= 0.3 is 0 Å². The highest BCUT2D eigenvalue weighted by molar-refractivity contribution is 7.99. The molecule has 2 aromatic heterocycles. The van der Waals surface area contributed by atoms with Crippen molar-refractivity contribution in [3.8, 4) is 17.0 Å². The second kappa shape index (κ2) is 8.14. The van der Waals surface area contributed by atoms with Gasteiger partial charge in [0.05, 0.1) is 30.4 Å². The van der Waals surface area contributed by atoms with Gasteiger partial charge < -0.3 is 10.1 Å². The Morgan fingerprint density at radius 3 is 2.68 bits per heavy atom. The van der Waals surface area contributed by atoms with Crippen LogP contribution >= 0.6 is 11.8 Å². The van der Waals surface area contributed by atoms with Crippen LogP contribution in [0.25, 0.3) is 16.9 Å². The standard InChI is InChI=1S/C21H18N4O2S/c1-27-18-10-6-5-9-16(18)23-20(26)14-28-21-12-11-19-22-17(13-25(19)24-21)15-7-3-2-4-8-15/h2-13H,14H2,1H3,(H,23,26). The maximum absolute atomic E-state index is 12.3. The molecule has 0 fully saturated rings. The van der Waals surface area contributed by atoms with Gasteiger partial charge in [0.25, 0.3) is 0 Å². The number of ether oxygens (including phenoxy) is 1. The van der Waals surface area contributed by atoms with Gasteiger partial charge in [-0.15, -0.1) is 0 Å². The number of hydrogen-bond donors (Lipinski definition) is 1. The molecule has 1 amide bonds. The van der Waals surface area contributed by atoms with Crippen molar-refractivity contribution in [1.29, 1.82) is 0 Å². The van der Waals surface area contributed by atoms with E-state index in [4.69, 9.17) is 4.74 Å². The molecular formula is C21H18N4O2S. The van der Waals surface area contributed by atoms with E-state index >= 15 is 0 Å². The molecule has 2 heterocycles. The van der Waals surface area contributed by atoms with E-state index in [1.54, 1.807) is 11.6 Å². The Hall–Kier alpha value is -3.32. The van der Waals surface area contributed by atoms with Gasteiger partial charge in [-0.1, -0.05) is 54.2 Å². The lowest BCUT2D eigenvalue weighted by Gasteiger charge is -2.09. The van der Waals surface area contributed by atoms with Crippen LogP contribution in [-0.2, 0) is 4.79 Å². The zero-order valence-corrected chi connectivity index (χ0v) is 16.0. The summed E-state index contributed by atoms with van der Waals surface area (Å²) in [6.07, 6.45) is 1.89. The molecule has 2 aromatic carbocycles. The van der Waals surface area contributed by atoms with Crippen LogP contribution in [0.1, 0.15) is 0 Å². The number of anilines is 1. The molecule has 0 saturated carbocycles. The first kappa shape index (κ1) is 18.1. The molecular weight excluding hydrogens is 372 g/mol. The molecule has 0 aliphatic heterocycles. The number of aromatic nitrogens is 3. The lowest BCUT2D eigenvalue weighted by Crippen LogP contribution is -2.14. The van der Waals surface area contributed by atoms with Crippen molar-refractivity contribution in [3.05, 3.63) is 72.9 Å². The number of amides is 1. The number of nitrogens with zero attached hydrogens (tertiary/aromatic N) is 3. The van der Waals surface area contributed by atoms with Crippen molar-refractivity contribution < 1.29 is 9.53 Å². The zero-order chi connectivity index (χ0) is 19.3. The lowest BCUT2D eigenvalue weighted by molar-refractivity contribution is -0.113. The molecule has 0 saturated heterocycles. The van der Waals surface area contributed by atoms with Crippen molar-refractivity contribution >= 4 is 29.0 Å². The average molecular weight is 390 g/mol. The second-order valence-corrected chi connectivity index (χ2v) is 7.00. The van der Waals surface area contributed by atoms with E-state index in [0.29, 0.717) is 11.4 Å². The van der Waals surface area contributed by atoms with E-state index in [-0.39, 0.29) is 11.7 Å². The first-order valence-corrected chi connectivity index (χ1v) is 9.69. The predicted octanol–water partition coefficient (Wildman–Crippen LogP) is 4.14. The Balaban J connectivity index is 1.44. The topological polar surface area (TPSA) is 68.5 Å². The van der Waals surface area contributed by atoms with Crippen molar-refractivity contribution in [1.82, 2.24) is 14.6 Å².